The lowest BCUT2D eigenvalue weighted by Crippen LogP contribution is -2.16. The number of carbonyl (C=O) groups excluding carboxylic acids is 1. The zero-order chi connectivity index (χ0) is 22.1. The highest BCUT2D eigenvalue weighted by Crippen LogP contribution is 2.40. The first-order chi connectivity index (χ1) is 14.2. The summed E-state index contributed by atoms with van der Waals surface area (Å²) in [6, 6.07) is 6.36. The molecule has 30 heavy (non-hydrogen) atoms. The third-order valence-corrected chi connectivity index (χ3v) is 5.23. The van der Waals surface area contributed by atoms with Crippen molar-refractivity contribution >= 4 is 46.7 Å². The number of alkyl halides is 3. The van der Waals surface area contributed by atoms with Crippen molar-refractivity contribution in [1.29, 1.82) is 5.26 Å². The van der Waals surface area contributed by atoms with Crippen molar-refractivity contribution in [3.8, 4) is 11.8 Å². The zero-order valence-corrected chi connectivity index (χ0v) is 17.3. The van der Waals surface area contributed by atoms with Crippen LogP contribution in [0.15, 0.2) is 41.6 Å². The SMILES string of the molecule is CSc1c(C#N)nn(-c2c(Cl)cc(C(F)(F)F)cc2Cl)c1NC(=O)c1cccnc1. The lowest BCUT2D eigenvalue weighted by molar-refractivity contribution is -0.137. The molecule has 3 rings (SSSR count). The van der Waals surface area contributed by atoms with E-state index in [9.17, 15) is 23.2 Å². The maximum Gasteiger partial charge on any atom is 0.416 e. The molecule has 0 saturated carbocycles. The van der Waals surface area contributed by atoms with Crippen molar-refractivity contribution in [3.05, 3.63) is 63.5 Å². The first-order valence-electron chi connectivity index (χ1n) is 8.02. The molecule has 0 unspecified atom stereocenters. The summed E-state index contributed by atoms with van der Waals surface area (Å²) in [5.74, 6) is -0.528. The molecule has 3 aromatic rings. The molecule has 0 saturated heterocycles. The molecule has 0 aliphatic heterocycles. The Balaban J connectivity index is 2.18. The van der Waals surface area contributed by atoms with Crippen LogP contribution in [0, 0.1) is 11.3 Å². The molecule has 0 radical (unpaired) electrons. The van der Waals surface area contributed by atoms with Crippen molar-refractivity contribution in [1.82, 2.24) is 14.8 Å². The average molecular weight is 472 g/mol. The van der Waals surface area contributed by atoms with Crippen LogP contribution in [-0.2, 0) is 6.18 Å². The summed E-state index contributed by atoms with van der Waals surface area (Å²) in [6.45, 7) is 0. The minimum atomic E-state index is -4.66. The van der Waals surface area contributed by atoms with Gasteiger partial charge in [-0.1, -0.05) is 23.2 Å². The third-order valence-electron chi connectivity index (χ3n) is 3.86. The first-order valence-corrected chi connectivity index (χ1v) is 10.0. The number of hydrogen-bond acceptors (Lipinski definition) is 5. The number of amides is 1. The molecule has 2 aromatic heterocycles. The van der Waals surface area contributed by atoms with Gasteiger partial charge in [0.1, 0.15) is 11.8 Å². The predicted molar refractivity (Wildman–Crippen MR) is 107 cm³/mol. The molecule has 0 aliphatic carbocycles. The van der Waals surface area contributed by atoms with Gasteiger partial charge in [-0.15, -0.1) is 11.8 Å². The molecule has 1 amide bonds. The number of thioether (sulfide) groups is 1. The van der Waals surface area contributed by atoms with Gasteiger partial charge in [-0.05, 0) is 30.5 Å². The number of nitrogens with zero attached hydrogens (tertiary/aromatic N) is 4. The molecule has 1 aromatic carbocycles. The van der Waals surface area contributed by atoms with Gasteiger partial charge >= 0.3 is 6.18 Å². The lowest BCUT2D eigenvalue weighted by Gasteiger charge is -2.15. The Morgan fingerprint density at radius 1 is 1.30 bits per heavy atom. The quantitative estimate of drug-likeness (QED) is 0.512. The number of nitriles is 1. The largest absolute Gasteiger partial charge is 0.416 e. The van der Waals surface area contributed by atoms with Crippen LogP contribution in [0.25, 0.3) is 5.69 Å². The van der Waals surface area contributed by atoms with E-state index in [0.29, 0.717) is 17.0 Å². The number of aromatic nitrogens is 3. The van der Waals surface area contributed by atoms with E-state index in [0.717, 1.165) is 16.4 Å². The highest BCUT2D eigenvalue weighted by Gasteiger charge is 2.33. The molecule has 6 nitrogen and oxygen atoms in total. The van der Waals surface area contributed by atoms with Crippen LogP contribution < -0.4 is 5.32 Å². The summed E-state index contributed by atoms with van der Waals surface area (Å²) in [6.07, 6.45) is -0.185. The second-order valence-corrected chi connectivity index (χ2v) is 7.37. The van der Waals surface area contributed by atoms with Crippen molar-refractivity contribution < 1.29 is 18.0 Å². The highest BCUT2D eigenvalue weighted by molar-refractivity contribution is 7.98. The van der Waals surface area contributed by atoms with E-state index in [1.165, 1.54) is 18.5 Å². The smallest absolute Gasteiger partial charge is 0.305 e. The topological polar surface area (TPSA) is 83.6 Å². The van der Waals surface area contributed by atoms with E-state index < -0.39 is 17.6 Å². The molecule has 2 heterocycles. The normalized spacial score (nSPS) is 11.2. The molecule has 0 spiro atoms. The van der Waals surface area contributed by atoms with E-state index in [1.54, 1.807) is 12.3 Å². The Kier molecular flexibility index (Phi) is 6.26. The van der Waals surface area contributed by atoms with Crippen LogP contribution in [0.2, 0.25) is 10.0 Å². The summed E-state index contributed by atoms with van der Waals surface area (Å²) in [5.41, 5.74) is -0.985. The minimum absolute atomic E-state index is 0.0384. The second kappa shape index (κ2) is 8.55. The molecule has 0 fully saturated rings. The van der Waals surface area contributed by atoms with Crippen molar-refractivity contribution in [3.63, 3.8) is 0 Å². The molecular weight excluding hydrogens is 462 g/mol. The lowest BCUT2D eigenvalue weighted by atomic mass is 10.2. The molecule has 0 aliphatic rings. The van der Waals surface area contributed by atoms with Crippen molar-refractivity contribution in [2.24, 2.45) is 0 Å². The fourth-order valence-corrected chi connectivity index (χ4v) is 3.81. The summed E-state index contributed by atoms with van der Waals surface area (Å²) in [5, 5.41) is 15.4. The van der Waals surface area contributed by atoms with Gasteiger partial charge in [0.15, 0.2) is 11.5 Å². The minimum Gasteiger partial charge on any atom is -0.305 e. The highest BCUT2D eigenvalue weighted by atomic mass is 35.5. The van der Waals surface area contributed by atoms with Crippen LogP contribution >= 0.6 is 35.0 Å². The van der Waals surface area contributed by atoms with Gasteiger partial charge in [-0.3, -0.25) is 9.78 Å². The number of pyridine rings is 1. The standard InChI is InChI=1S/C18H10Cl2F3N5OS/c1-30-15-13(7-24)27-28(16(15)26-17(29)9-3-2-4-25-8-9)14-11(19)5-10(6-12(14)20)18(21,22)23/h2-6,8H,1H3,(H,26,29). The number of rotatable bonds is 4. The van der Waals surface area contributed by atoms with Gasteiger partial charge in [-0.25, -0.2) is 4.68 Å². The van der Waals surface area contributed by atoms with Crippen LogP contribution in [0.4, 0.5) is 19.0 Å². The summed E-state index contributed by atoms with van der Waals surface area (Å²) in [7, 11) is 0. The van der Waals surface area contributed by atoms with Crippen LogP contribution in [-0.4, -0.2) is 26.9 Å². The number of benzene rings is 1. The first kappa shape index (κ1) is 22.0. The van der Waals surface area contributed by atoms with E-state index >= 15 is 0 Å². The fraction of sp³-hybridized carbons (Fsp3) is 0.111. The number of hydrogen-bond donors (Lipinski definition) is 1. The number of nitrogens with one attached hydrogen (secondary N) is 1. The van der Waals surface area contributed by atoms with E-state index in [-0.39, 0.29) is 32.8 Å². The van der Waals surface area contributed by atoms with E-state index in [4.69, 9.17) is 23.2 Å². The van der Waals surface area contributed by atoms with Crippen LogP contribution in [0.3, 0.4) is 0 Å². The van der Waals surface area contributed by atoms with Gasteiger partial charge in [0.2, 0.25) is 0 Å². The molecule has 1 N–H and O–H groups in total. The summed E-state index contributed by atoms with van der Waals surface area (Å²) in [4.78, 5) is 16.8. The molecule has 12 heteroatoms. The Labute approximate surface area is 182 Å². The Hall–Kier alpha value is -2.74. The second-order valence-electron chi connectivity index (χ2n) is 5.74. The van der Waals surface area contributed by atoms with Gasteiger partial charge in [0, 0.05) is 12.4 Å². The van der Waals surface area contributed by atoms with E-state index in [1.807, 2.05) is 6.07 Å². The number of anilines is 1. The fourth-order valence-electron chi connectivity index (χ4n) is 2.55. The Bertz CT molecular complexity index is 1140. The van der Waals surface area contributed by atoms with Crippen LogP contribution in [0.1, 0.15) is 21.6 Å². The van der Waals surface area contributed by atoms with Crippen molar-refractivity contribution in [2.75, 3.05) is 11.6 Å². The zero-order valence-electron chi connectivity index (χ0n) is 15.0. The number of carbonyl (C=O) groups is 1. The Morgan fingerprint density at radius 3 is 2.47 bits per heavy atom. The monoisotopic (exact) mass is 471 g/mol. The van der Waals surface area contributed by atoms with Crippen molar-refractivity contribution in [2.45, 2.75) is 11.1 Å². The summed E-state index contributed by atoms with van der Waals surface area (Å²) >= 11 is 13.3. The number of halogens is 5. The van der Waals surface area contributed by atoms with Gasteiger partial charge in [0.05, 0.1) is 26.1 Å². The maximum atomic E-state index is 13.0. The predicted octanol–water partition coefficient (Wildman–Crippen LogP) is 5.44. The van der Waals surface area contributed by atoms with Crippen LogP contribution in [0.5, 0.6) is 0 Å². The van der Waals surface area contributed by atoms with Gasteiger partial charge < -0.3 is 5.32 Å². The van der Waals surface area contributed by atoms with E-state index in [2.05, 4.69) is 15.4 Å². The summed E-state index contributed by atoms with van der Waals surface area (Å²) < 4.78 is 40.2. The van der Waals surface area contributed by atoms with Gasteiger partial charge in [0.25, 0.3) is 5.91 Å². The van der Waals surface area contributed by atoms with Gasteiger partial charge in [-0.2, -0.15) is 23.5 Å². The molecular formula is C18H10Cl2F3N5OS. The maximum absolute atomic E-state index is 13.0. The Morgan fingerprint density at radius 2 is 1.97 bits per heavy atom. The third kappa shape index (κ3) is 4.23. The molecule has 154 valence electrons. The average Bonchev–Trinajstić information content (AvgIpc) is 3.04. The molecule has 0 atom stereocenters. The molecule has 0 bridgehead atoms.